The van der Waals surface area contributed by atoms with Gasteiger partial charge in [-0.15, -0.1) is 0 Å². The van der Waals surface area contributed by atoms with Gasteiger partial charge in [0.2, 0.25) is 10.9 Å². The number of Topliss-reactive ketones (excluding diaryl/α,β-unsaturated/α-hetero) is 1. The molecule has 3 rings (SSSR count). The molecule has 2 aromatic carbocycles. The van der Waals surface area contributed by atoms with E-state index in [1.165, 1.54) is 0 Å². The number of rotatable bonds is 6. The number of hydrogen-bond acceptors (Lipinski definition) is 5. The maximum absolute atomic E-state index is 12.7. The molecule has 0 radical (unpaired) electrons. The Balaban J connectivity index is 0.00000166. The number of esters is 1. The number of carbonyl (C=O) groups is 3. The zero-order valence-corrected chi connectivity index (χ0v) is 21.2. The molecule has 4 nitrogen and oxygen atoms in total. The van der Waals surface area contributed by atoms with Crippen LogP contribution in [0.2, 0.25) is 0 Å². The molecular formula is C24H22Br2O4S. The summed E-state index contributed by atoms with van der Waals surface area (Å²) in [6, 6.07) is 12.1. The molecule has 0 saturated carbocycles. The Morgan fingerprint density at radius 3 is 2.29 bits per heavy atom. The zero-order chi connectivity index (χ0) is 22.8. The summed E-state index contributed by atoms with van der Waals surface area (Å²) in [4.78, 5) is 37.9. The summed E-state index contributed by atoms with van der Waals surface area (Å²) in [5, 5.41) is -0.181. The molecule has 1 aliphatic carbocycles. The summed E-state index contributed by atoms with van der Waals surface area (Å²) in [6.45, 7) is 3.62. The minimum absolute atomic E-state index is 0.181. The lowest BCUT2D eigenvalue weighted by atomic mass is 10.1. The number of hydrogen-bond donors (Lipinski definition) is 0. The first-order valence-electron chi connectivity index (χ1n) is 9.78. The van der Waals surface area contributed by atoms with Gasteiger partial charge in [-0.1, -0.05) is 63.9 Å². The fourth-order valence-corrected chi connectivity index (χ4v) is 4.32. The van der Waals surface area contributed by atoms with Crippen LogP contribution in [0.3, 0.4) is 0 Å². The molecule has 162 valence electrons. The highest BCUT2D eigenvalue weighted by Gasteiger charge is 2.19. The Kier molecular flexibility index (Phi) is 10.4. The van der Waals surface area contributed by atoms with Gasteiger partial charge in [-0.05, 0) is 67.1 Å². The van der Waals surface area contributed by atoms with Crippen molar-refractivity contribution in [2.24, 2.45) is 0 Å². The quantitative estimate of drug-likeness (QED) is 0.211. The summed E-state index contributed by atoms with van der Waals surface area (Å²) in [7, 11) is 0. The molecule has 0 spiro atoms. The Morgan fingerprint density at radius 2 is 1.65 bits per heavy atom. The van der Waals surface area contributed by atoms with Crippen LogP contribution < -0.4 is 0 Å². The number of ketones is 1. The van der Waals surface area contributed by atoms with Gasteiger partial charge < -0.3 is 4.74 Å². The number of benzene rings is 2. The van der Waals surface area contributed by atoms with Crippen LogP contribution in [0.5, 0.6) is 0 Å². The van der Waals surface area contributed by atoms with Crippen molar-refractivity contribution in [2.75, 3.05) is 6.61 Å². The number of ether oxygens (including phenoxy) is 1. The van der Waals surface area contributed by atoms with Crippen LogP contribution in [0.25, 0.3) is 0 Å². The average molecular weight is 566 g/mol. The van der Waals surface area contributed by atoms with E-state index in [1.807, 2.05) is 19.9 Å². The Bertz CT molecular complexity index is 1010. The van der Waals surface area contributed by atoms with Crippen molar-refractivity contribution in [3.63, 3.8) is 0 Å². The smallest absolute Gasteiger partial charge is 0.338 e. The van der Waals surface area contributed by atoms with Gasteiger partial charge in [-0.2, -0.15) is 0 Å². The van der Waals surface area contributed by atoms with E-state index in [1.54, 1.807) is 54.6 Å². The molecule has 0 fully saturated rings. The van der Waals surface area contributed by atoms with Crippen molar-refractivity contribution < 1.29 is 19.1 Å². The molecule has 0 aliphatic heterocycles. The molecular weight excluding hydrogens is 544 g/mol. The minimum Gasteiger partial charge on any atom is -0.454 e. The third kappa shape index (κ3) is 7.59. The van der Waals surface area contributed by atoms with Crippen LogP contribution in [0.1, 0.15) is 47.4 Å². The van der Waals surface area contributed by atoms with Crippen molar-refractivity contribution in [3.05, 3.63) is 86.3 Å². The van der Waals surface area contributed by atoms with Crippen LogP contribution in [0.4, 0.5) is 0 Å². The van der Waals surface area contributed by atoms with Crippen LogP contribution in [0.15, 0.2) is 80.1 Å². The molecule has 7 heteroatoms. The second-order valence-electron chi connectivity index (χ2n) is 6.18. The van der Waals surface area contributed by atoms with Crippen molar-refractivity contribution >= 4 is 60.5 Å². The lowest BCUT2D eigenvalue weighted by Gasteiger charge is -2.10. The number of allylic oxidation sites excluding steroid dienone is 2. The van der Waals surface area contributed by atoms with Crippen molar-refractivity contribution in [1.82, 2.24) is 0 Å². The van der Waals surface area contributed by atoms with E-state index in [9.17, 15) is 14.4 Å². The summed E-state index contributed by atoms with van der Waals surface area (Å²) in [5.74, 6) is -0.885. The van der Waals surface area contributed by atoms with E-state index in [-0.39, 0.29) is 17.5 Å². The van der Waals surface area contributed by atoms with E-state index in [4.69, 9.17) is 4.74 Å². The van der Waals surface area contributed by atoms with Gasteiger partial charge in [0.15, 0.2) is 6.61 Å². The predicted molar refractivity (Wildman–Crippen MR) is 132 cm³/mol. The largest absolute Gasteiger partial charge is 0.454 e. The lowest BCUT2D eigenvalue weighted by molar-refractivity contribution is -0.137. The second-order valence-corrected chi connectivity index (χ2v) is 9.02. The van der Waals surface area contributed by atoms with Crippen LogP contribution in [-0.2, 0) is 9.53 Å². The van der Waals surface area contributed by atoms with E-state index in [0.717, 1.165) is 33.5 Å². The Labute approximate surface area is 203 Å². The second kappa shape index (κ2) is 12.8. The molecule has 0 amide bonds. The zero-order valence-electron chi connectivity index (χ0n) is 17.2. The third-order valence-corrected chi connectivity index (χ3v) is 6.09. The summed E-state index contributed by atoms with van der Waals surface area (Å²) >= 11 is 7.68. The summed E-state index contributed by atoms with van der Waals surface area (Å²) in [5.41, 5.74) is 1.32. The molecule has 0 unspecified atom stereocenters. The first kappa shape index (κ1) is 25.3. The predicted octanol–water partition coefficient (Wildman–Crippen LogP) is 7.17. The molecule has 1 aliphatic rings. The van der Waals surface area contributed by atoms with Gasteiger partial charge in [0, 0.05) is 25.0 Å². The molecule has 0 atom stereocenters. The summed E-state index contributed by atoms with van der Waals surface area (Å²) in [6.07, 6.45) is 7.07. The van der Waals surface area contributed by atoms with E-state index in [0.29, 0.717) is 21.6 Å². The van der Waals surface area contributed by atoms with Gasteiger partial charge in [0.25, 0.3) is 0 Å². The van der Waals surface area contributed by atoms with Gasteiger partial charge in [0.05, 0.1) is 5.57 Å². The first-order valence-corrected chi connectivity index (χ1v) is 12.2. The molecule has 0 heterocycles. The van der Waals surface area contributed by atoms with Gasteiger partial charge >= 0.3 is 5.97 Å². The van der Waals surface area contributed by atoms with E-state index >= 15 is 0 Å². The molecule has 0 saturated heterocycles. The average Bonchev–Trinajstić information content (AvgIpc) is 2.79. The molecule has 0 bridgehead atoms. The van der Waals surface area contributed by atoms with E-state index < -0.39 is 5.97 Å². The van der Waals surface area contributed by atoms with Crippen molar-refractivity contribution in [1.29, 1.82) is 0 Å². The van der Waals surface area contributed by atoms with Gasteiger partial charge in [-0.3, -0.25) is 9.59 Å². The maximum atomic E-state index is 12.7. The lowest BCUT2D eigenvalue weighted by Crippen LogP contribution is -2.16. The SMILES string of the molecule is CC.O=C(OCC(=O)c1ccc(Br)cc1SC(=O)c1ccc(Br)cc1)C1=CCCC=C1. The summed E-state index contributed by atoms with van der Waals surface area (Å²) < 4.78 is 6.79. The van der Waals surface area contributed by atoms with Crippen molar-refractivity contribution in [3.8, 4) is 0 Å². The Morgan fingerprint density at radius 1 is 0.968 bits per heavy atom. The standard InChI is InChI=1S/C22H16Br2O4S.C2H6/c23-16-8-6-15(7-9-16)22(27)29-20-12-17(24)10-11-18(20)19(25)13-28-21(26)14-4-2-1-3-5-14;1-2/h2,4-12H,1,3,13H2;1-2H3. The molecule has 0 N–H and O–H groups in total. The van der Waals surface area contributed by atoms with Gasteiger partial charge in [-0.25, -0.2) is 4.79 Å². The third-order valence-electron chi connectivity index (χ3n) is 4.09. The number of thioether (sulfide) groups is 1. The molecule has 2 aromatic rings. The highest BCUT2D eigenvalue weighted by Crippen LogP contribution is 2.30. The van der Waals surface area contributed by atoms with Crippen molar-refractivity contribution in [2.45, 2.75) is 31.6 Å². The van der Waals surface area contributed by atoms with Crippen LogP contribution >= 0.6 is 43.6 Å². The highest BCUT2D eigenvalue weighted by molar-refractivity contribution is 9.10. The van der Waals surface area contributed by atoms with Gasteiger partial charge in [0.1, 0.15) is 0 Å². The molecule has 0 aromatic heterocycles. The minimum atomic E-state index is -0.522. The highest BCUT2D eigenvalue weighted by atomic mass is 79.9. The Hall–Kier alpha value is -1.96. The number of halogens is 2. The van der Waals surface area contributed by atoms with E-state index in [2.05, 4.69) is 31.9 Å². The maximum Gasteiger partial charge on any atom is 0.338 e. The topological polar surface area (TPSA) is 60.4 Å². The molecule has 31 heavy (non-hydrogen) atoms. The monoisotopic (exact) mass is 564 g/mol. The normalized spacial score (nSPS) is 12.3. The first-order chi connectivity index (χ1) is 14.9. The number of carbonyl (C=O) groups excluding carboxylic acids is 3. The fourth-order valence-electron chi connectivity index (χ4n) is 2.61. The van der Waals surface area contributed by atoms with Crippen LogP contribution in [-0.4, -0.2) is 23.5 Å². The fraction of sp³-hybridized carbons (Fsp3) is 0.208. The van der Waals surface area contributed by atoms with Crippen LogP contribution in [0, 0.1) is 0 Å².